The van der Waals surface area contributed by atoms with Crippen molar-refractivity contribution in [3.05, 3.63) is 56.0 Å². The molecule has 1 aromatic heterocycles. The predicted octanol–water partition coefficient (Wildman–Crippen LogP) is 3.87. The molecule has 1 aliphatic rings. The van der Waals surface area contributed by atoms with E-state index in [4.69, 9.17) is 27.7 Å². The van der Waals surface area contributed by atoms with Crippen molar-refractivity contribution in [2.45, 2.75) is 24.8 Å². The van der Waals surface area contributed by atoms with Crippen molar-refractivity contribution in [3.63, 3.8) is 0 Å². The van der Waals surface area contributed by atoms with Crippen molar-refractivity contribution in [2.24, 2.45) is 0 Å². The standard InChI is InChI=1S/C15H14Cl2N2O4/c16-9-1-2-10(11(17)6-9)12-5-8(3-4-19(12)15(21)22)13-7-14(20)18-23-13/h1-2,6-8,12H,3-5H2,(H,18,20)(H,21,22). The third kappa shape index (κ3) is 3.23. The van der Waals surface area contributed by atoms with Crippen LogP contribution in [0, 0.1) is 0 Å². The first-order valence-electron chi connectivity index (χ1n) is 7.08. The van der Waals surface area contributed by atoms with Gasteiger partial charge in [-0.3, -0.25) is 4.79 Å². The molecule has 1 aromatic carbocycles. The zero-order valence-electron chi connectivity index (χ0n) is 12.0. The molecule has 0 saturated carbocycles. The number of nitrogens with zero attached hydrogens (tertiary/aromatic N) is 1. The predicted molar refractivity (Wildman–Crippen MR) is 85.2 cm³/mol. The van der Waals surface area contributed by atoms with Gasteiger partial charge in [-0.05, 0) is 30.5 Å². The molecule has 0 bridgehead atoms. The molecule has 1 aliphatic heterocycles. The Morgan fingerprint density at radius 3 is 2.74 bits per heavy atom. The normalized spacial score (nSPS) is 21.4. The van der Waals surface area contributed by atoms with Crippen LogP contribution in [0.25, 0.3) is 0 Å². The number of halogens is 2. The fourth-order valence-corrected chi connectivity index (χ4v) is 3.55. The molecule has 1 saturated heterocycles. The molecule has 0 spiro atoms. The minimum Gasteiger partial charge on any atom is -0.465 e. The van der Waals surface area contributed by atoms with E-state index in [-0.39, 0.29) is 11.5 Å². The molecule has 2 atom stereocenters. The second-order valence-corrected chi connectivity index (χ2v) is 6.34. The van der Waals surface area contributed by atoms with Gasteiger partial charge in [0.05, 0.1) is 6.04 Å². The van der Waals surface area contributed by atoms with E-state index in [1.54, 1.807) is 18.2 Å². The van der Waals surface area contributed by atoms with Gasteiger partial charge in [0.25, 0.3) is 5.56 Å². The number of H-pyrrole nitrogens is 1. The summed E-state index contributed by atoms with van der Waals surface area (Å²) in [4.78, 5) is 24.2. The maximum absolute atomic E-state index is 11.5. The average molecular weight is 357 g/mol. The maximum Gasteiger partial charge on any atom is 0.407 e. The summed E-state index contributed by atoms with van der Waals surface area (Å²) < 4.78 is 5.18. The van der Waals surface area contributed by atoms with Gasteiger partial charge in [0.1, 0.15) is 5.76 Å². The number of hydrogen-bond donors (Lipinski definition) is 2. The molecule has 1 amide bonds. The largest absolute Gasteiger partial charge is 0.465 e. The van der Waals surface area contributed by atoms with Crippen molar-refractivity contribution in [1.29, 1.82) is 0 Å². The highest BCUT2D eigenvalue weighted by atomic mass is 35.5. The number of benzene rings is 1. The van der Waals surface area contributed by atoms with Crippen LogP contribution in [0.5, 0.6) is 0 Å². The lowest BCUT2D eigenvalue weighted by molar-refractivity contribution is 0.0968. The van der Waals surface area contributed by atoms with Gasteiger partial charge in [-0.25, -0.2) is 4.79 Å². The van der Waals surface area contributed by atoms with E-state index in [1.807, 2.05) is 0 Å². The lowest BCUT2D eigenvalue weighted by atomic mass is 9.86. The van der Waals surface area contributed by atoms with E-state index in [1.165, 1.54) is 11.0 Å². The van der Waals surface area contributed by atoms with Crippen LogP contribution in [-0.2, 0) is 0 Å². The number of aromatic amines is 1. The first kappa shape index (κ1) is 16.0. The van der Waals surface area contributed by atoms with Crippen LogP contribution in [0.2, 0.25) is 10.0 Å². The smallest absolute Gasteiger partial charge is 0.407 e. The Bertz CT molecular complexity index is 786. The summed E-state index contributed by atoms with van der Waals surface area (Å²) in [6.45, 7) is 0.332. The van der Waals surface area contributed by atoms with Gasteiger partial charge in [-0.1, -0.05) is 29.3 Å². The molecule has 2 heterocycles. The van der Waals surface area contributed by atoms with Gasteiger partial charge >= 0.3 is 6.09 Å². The highest BCUT2D eigenvalue weighted by Gasteiger charge is 2.35. The van der Waals surface area contributed by atoms with Crippen molar-refractivity contribution in [2.75, 3.05) is 6.54 Å². The Morgan fingerprint density at radius 2 is 2.13 bits per heavy atom. The number of piperidine rings is 1. The first-order chi connectivity index (χ1) is 11.0. The molecule has 2 N–H and O–H groups in total. The average Bonchev–Trinajstić information content (AvgIpc) is 2.93. The highest BCUT2D eigenvalue weighted by Crippen LogP contribution is 2.41. The Balaban J connectivity index is 1.94. The van der Waals surface area contributed by atoms with E-state index < -0.39 is 12.1 Å². The van der Waals surface area contributed by atoms with Gasteiger partial charge in [-0.15, -0.1) is 0 Å². The molecule has 0 aliphatic carbocycles. The number of amides is 1. The number of rotatable bonds is 2. The minimum atomic E-state index is -1.00. The quantitative estimate of drug-likeness (QED) is 0.854. The Morgan fingerprint density at radius 1 is 1.35 bits per heavy atom. The van der Waals surface area contributed by atoms with Crippen molar-refractivity contribution >= 4 is 29.3 Å². The van der Waals surface area contributed by atoms with Crippen LogP contribution in [-0.4, -0.2) is 27.8 Å². The van der Waals surface area contributed by atoms with Crippen LogP contribution in [0.15, 0.2) is 33.6 Å². The van der Waals surface area contributed by atoms with Crippen molar-refractivity contribution in [1.82, 2.24) is 10.1 Å². The van der Waals surface area contributed by atoms with Gasteiger partial charge < -0.3 is 14.5 Å². The molecule has 2 aromatic rings. The monoisotopic (exact) mass is 356 g/mol. The second-order valence-electron chi connectivity index (χ2n) is 5.49. The summed E-state index contributed by atoms with van der Waals surface area (Å²) in [5, 5.41) is 12.6. The summed E-state index contributed by atoms with van der Waals surface area (Å²) in [6.07, 6.45) is 0.0541. The third-order valence-electron chi connectivity index (χ3n) is 4.11. The molecule has 1 fully saturated rings. The minimum absolute atomic E-state index is 0.0544. The number of carbonyl (C=O) groups is 1. The molecule has 23 heavy (non-hydrogen) atoms. The summed E-state index contributed by atoms with van der Waals surface area (Å²) in [5.41, 5.74) is 0.391. The molecule has 2 unspecified atom stereocenters. The van der Waals surface area contributed by atoms with E-state index >= 15 is 0 Å². The van der Waals surface area contributed by atoms with E-state index in [0.29, 0.717) is 40.8 Å². The zero-order valence-corrected chi connectivity index (χ0v) is 13.5. The van der Waals surface area contributed by atoms with E-state index in [2.05, 4.69) is 5.16 Å². The van der Waals surface area contributed by atoms with Gasteiger partial charge in [0.2, 0.25) is 0 Å². The number of hydrogen-bond acceptors (Lipinski definition) is 3. The van der Waals surface area contributed by atoms with Gasteiger partial charge in [0.15, 0.2) is 0 Å². The molecule has 122 valence electrons. The molecule has 0 radical (unpaired) electrons. The fraction of sp³-hybridized carbons (Fsp3) is 0.333. The maximum atomic E-state index is 11.5. The Hall–Kier alpha value is -1.92. The lowest BCUT2D eigenvalue weighted by Crippen LogP contribution is -2.39. The number of carboxylic acid groups (broad SMARTS) is 1. The van der Waals surface area contributed by atoms with Crippen LogP contribution in [0.3, 0.4) is 0 Å². The molecule has 6 nitrogen and oxygen atoms in total. The van der Waals surface area contributed by atoms with Crippen LogP contribution in [0.4, 0.5) is 4.79 Å². The second kappa shape index (κ2) is 6.29. The van der Waals surface area contributed by atoms with Gasteiger partial charge in [0, 0.05) is 28.6 Å². The summed E-state index contributed by atoms with van der Waals surface area (Å²) in [6, 6.07) is 6.00. The SMILES string of the molecule is O=C(O)N1CCC(c2cc(=O)[nH]o2)CC1c1ccc(Cl)cc1Cl. The lowest BCUT2D eigenvalue weighted by Gasteiger charge is -2.37. The molecular formula is C15H14Cl2N2O4. The van der Waals surface area contributed by atoms with Crippen molar-refractivity contribution in [3.8, 4) is 0 Å². The fourth-order valence-electron chi connectivity index (χ4n) is 3.02. The van der Waals surface area contributed by atoms with Crippen LogP contribution >= 0.6 is 23.2 Å². The van der Waals surface area contributed by atoms with Gasteiger partial charge in [-0.2, -0.15) is 5.16 Å². The molecular weight excluding hydrogens is 343 g/mol. The van der Waals surface area contributed by atoms with E-state index in [0.717, 1.165) is 0 Å². The zero-order chi connectivity index (χ0) is 16.6. The number of nitrogens with one attached hydrogen (secondary N) is 1. The molecule has 8 heteroatoms. The Labute approximate surface area is 141 Å². The molecule has 3 rings (SSSR count). The van der Waals surface area contributed by atoms with Crippen LogP contribution < -0.4 is 5.56 Å². The van der Waals surface area contributed by atoms with Crippen molar-refractivity contribution < 1.29 is 14.4 Å². The summed E-state index contributed by atoms with van der Waals surface area (Å²) >= 11 is 12.2. The highest BCUT2D eigenvalue weighted by molar-refractivity contribution is 6.35. The summed E-state index contributed by atoms with van der Waals surface area (Å²) in [5.74, 6) is 0.483. The first-order valence-corrected chi connectivity index (χ1v) is 7.84. The topological polar surface area (TPSA) is 86.5 Å². The Kier molecular flexibility index (Phi) is 4.37. The number of aromatic nitrogens is 1. The third-order valence-corrected chi connectivity index (χ3v) is 4.68. The number of likely N-dealkylation sites (tertiary alicyclic amines) is 1. The van der Waals surface area contributed by atoms with E-state index in [9.17, 15) is 14.7 Å². The summed E-state index contributed by atoms with van der Waals surface area (Å²) in [7, 11) is 0. The van der Waals surface area contributed by atoms with Crippen LogP contribution in [0.1, 0.15) is 36.1 Å².